The molecule has 240 valence electrons. The van der Waals surface area contributed by atoms with Gasteiger partial charge in [0.05, 0.1) is 31.4 Å². The Morgan fingerprint density at radius 1 is 0.957 bits per heavy atom. The number of benzene rings is 1. The molecule has 0 radical (unpaired) electrons. The van der Waals surface area contributed by atoms with E-state index in [0.717, 1.165) is 50.0 Å². The van der Waals surface area contributed by atoms with Crippen LogP contribution in [-0.4, -0.2) is 58.7 Å². The van der Waals surface area contributed by atoms with E-state index in [0.29, 0.717) is 47.3 Å². The van der Waals surface area contributed by atoms with Gasteiger partial charge in [0.25, 0.3) is 5.91 Å². The monoisotopic (exact) mass is 624 g/mol. The number of carboxylic acid groups (broad SMARTS) is 1. The number of methoxy groups -OCH3 is 1. The molecule has 1 saturated carbocycles. The molecule has 3 aromatic heterocycles. The minimum Gasteiger partial charge on any atom is -0.497 e. The molecule has 1 aliphatic carbocycles. The van der Waals surface area contributed by atoms with Crippen LogP contribution in [0.5, 0.6) is 11.6 Å². The summed E-state index contributed by atoms with van der Waals surface area (Å²) in [5.41, 5.74) is 7.65. The number of nitrogens with two attached hydrogens (primary N) is 1. The summed E-state index contributed by atoms with van der Waals surface area (Å²) in [7, 11) is 1.62. The van der Waals surface area contributed by atoms with Crippen LogP contribution < -0.4 is 25.4 Å². The number of rotatable bonds is 11. The molecule has 1 aliphatic heterocycles. The number of pyridine rings is 3. The van der Waals surface area contributed by atoms with Crippen molar-refractivity contribution in [2.75, 3.05) is 42.8 Å². The first kappa shape index (κ1) is 32.2. The van der Waals surface area contributed by atoms with Crippen molar-refractivity contribution in [2.24, 2.45) is 11.8 Å². The minimum atomic E-state index is -0.772. The number of anilines is 3. The van der Waals surface area contributed by atoms with Crippen LogP contribution in [0.25, 0.3) is 0 Å². The molecule has 1 saturated heterocycles. The maximum atomic E-state index is 13.1. The van der Waals surface area contributed by atoms with Crippen LogP contribution in [0, 0.1) is 11.8 Å². The summed E-state index contributed by atoms with van der Waals surface area (Å²) < 4.78 is 11.5. The van der Waals surface area contributed by atoms with Crippen molar-refractivity contribution in [2.45, 2.75) is 38.0 Å². The van der Waals surface area contributed by atoms with E-state index in [1.165, 1.54) is 0 Å². The van der Waals surface area contributed by atoms with E-state index in [1.807, 2.05) is 36.4 Å². The first-order valence-electron chi connectivity index (χ1n) is 15.5. The molecule has 0 bridgehead atoms. The topological polar surface area (TPSA) is 153 Å². The third kappa shape index (κ3) is 9.16. The highest BCUT2D eigenvalue weighted by Gasteiger charge is 2.34. The first-order chi connectivity index (χ1) is 22.4. The zero-order valence-corrected chi connectivity index (χ0v) is 25.9. The molecule has 2 fully saturated rings. The number of ether oxygens (including phenoxy) is 2. The number of piperidine rings is 1. The van der Waals surface area contributed by atoms with E-state index in [-0.39, 0.29) is 18.2 Å². The zero-order valence-electron chi connectivity index (χ0n) is 25.9. The molecule has 11 nitrogen and oxygen atoms in total. The molecular weight excluding hydrogens is 584 g/mol. The van der Waals surface area contributed by atoms with Gasteiger partial charge in [-0.25, -0.2) is 15.0 Å². The van der Waals surface area contributed by atoms with Crippen LogP contribution in [0.2, 0.25) is 0 Å². The lowest BCUT2D eigenvalue weighted by molar-refractivity contribution is -0.137. The van der Waals surface area contributed by atoms with Crippen molar-refractivity contribution in [1.29, 1.82) is 0 Å². The number of carboxylic acids is 1. The molecule has 1 atom stereocenters. The predicted octanol–water partition coefficient (Wildman–Crippen LogP) is 5.67. The zero-order chi connectivity index (χ0) is 32.3. The van der Waals surface area contributed by atoms with E-state index >= 15 is 0 Å². The molecule has 46 heavy (non-hydrogen) atoms. The smallest absolute Gasteiger partial charge is 0.303 e. The fourth-order valence-corrected chi connectivity index (χ4v) is 5.61. The molecule has 1 aromatic carbocycles. The number of hydrogen-bond donors (Lipinski definition) is 3. The van der Waals surface area contributed by atoms with Gasteiger partial charge in [0.1, 0.15) is 17.4 Å². The van der Waals surface area contributed by atoms with Gasteiger partial charge in [0.2, 0.25) is 5.88 Å². The van der Waals surface area contributed by atoms with Crippen LogP contribution >= 0.6 is 0 Å². The van der Waals surface area contributed by atoms with Crippen LogP contribution in [0.4, 0.5) is 17.3 Å². The summed E-state index contributed by atoms with van der Waals surface area (Å²) in [6, 6.07) is 20.1. The van der Waals surface area contributed by atoms with Gasteiger partial charge < -0.3 is 30.5 Å². The number of nitrogens with one attached hydrogen (secondary N) is 1. The Morgan fingerprint density at radius 3 is 2.33 bits per heavy atom. The maximum absolute atomic E-state index is 13.1. The van der Waals surface area contributed by atoms with Crippen molar-refractivity contribution in [3.05, 3.63) is 96.4 Å². The Bertz CT molecular complexity index is 1580. The second-order valence-electron chi connectivity index (χ2n) is 11.5. The van der Waals surface area contributed by atoms with Crippen LogP contribution in [0.3, 0.4) is 0 Å². The molecule has 4 heterocycles. The van der Waals surface area contributed by atoms with Crippen molar-refractivity contribution < 1.29 is 24.2 Å². The highest BCUT2D eigenvalue weighted by molar-refractivity contribution is 6.08. The van der Waals surface area contributed by atoms with Crippen molar-refractivity contribution >= 4 is 29.2 Å². The molecule has 4 N–H and O–H groups in total. The third-order valence-corrected chi connectivity index (χ3v) is 8.24. The van der Waals surface area contributed by atoms with E-state index in [1.54, 1.807) is 56.0 Å². The molecule has 1 unspecified atom stereocenters. The Hall–Kier alpha value is -5.19. The van der Waals surface area contributed by atoms with E-state index in [4.69, 9.17) is 15.2 Å². The van der Waals surface area contributed by atoms with Gasteiger partial charge in [0.15, 0.2) is 0 Å². The van der Waals surface area contributed by atoms with Gasteiger partial charge in [-0.05, 0) is 91.5 Å². The largest absolute Gasteiger partial charge is 0.497 e. The second kappa shape index (κ2) is 15.7. The molecule has 1 amide bonds. The van der Waals surface area contributed by atoms with Crippen molar-refractivity contribution in [3.63, 3.8) is 0 Å². The van der Waals surface area contributed by atoms with Gasteiger partial charge in [-0.15, -0.1) is 0 Å². The SMILES string of the molecule is COc1ccc(C(=O)Nc2ccccn2)c(N2CCC(COc3cc(C(CC(=O)O)C4CC4)ccn3)CC2)c1.Nc1ccccn1. The van der Waals surface area contributed by atoms with Gasteiger partial charge in [0, 0.05) is 43.8 Å². The quantitative estimate of drug-likeness (QED) is 0.190. The molecule has 2 aliphatic rings. The molecule has 6 rings (SSSR count). The van der Waals surface area contributed by atoms with E-state index in [9.17, 15) is 14.7 Å². The average Bonchev–Trinajstić information content (AvgIpc) is 3.93. The maximum Gasteiger partial charge on any atom is 0.303 e. The van der Waals surface area contributed by atoms with Gasteiger partial charge in [-0.3, -0.25) is 9.59 Å². The van der Waals surface area contributed by atoms with Gasteiger partial charge >= 0.3 is 5.97 Å². The number of amides is 1. The number of aliphatic carboxylic acids is 1. The van der Waals surface area contributed by atoms with Gasteiger partial charge in [-0.1, -0.05) is 12.1 Å². The lowest BCUT2D eigenvalue weighted by atomic mass is 9.92. The molecule has 0 spiro atoms. The predicted molar refractivity (Wildman–Crippen MR) is 176 cm³/mol. The van der Waals surface area contributed by atoms with Crippen molar-refractivity contribution in [3.8, 4) is 11.6 Å². The van der Waals surface area contributed by atoms with Gasteiger partial charge in [-0.2, -0.15) is 0 Å². The summed E-state index contributed by atoms with van der Waals surface area (Å²) in [5.74, 6) is 2.14. The minimum absolute atomic E-state index is 0.0167. The summed E-state index contributed by atoms with van der Waals surface area (Å²) in [6.45, 7) is 2.10. The Kier molecular flexibility index (Phi) is 11.0. The third-order valence-electron chi connectivity index (χ3n) is 8.24. The number of nitrogen functional groups attached to an aromatic ring is 1. The number of carbonyl (C=O) groups is 2. The number of carbonyl (C=O) groups excluding carboxylic acids is 1. The standard InChI is InChI=1S/C30H34N4O5.C5H6N2/c1-38-23-7-8-24(30(37)33-27-4-2-3-12-31-27)26(17-23)34-14-10-20(11-15-34)19-39-28-16-22(9-13-32-28)25(18-29(35)36)21-5-6-21;6-5-3-1-2-4-7-5/h2-4,7-9,12-13,16-17,20-21,25H,5-6,10-11,14-15,18-19H2,1H3,(H,35,36)(H,31,33,37);1-4H,(H2,6,7). The highest BCUT2D eigenvalue weighted by atomic mass is 16.5. The lowest BCUT2D eigenvalue weighted by Crippen LogP contribution is -2.36. The Labute approximate surface area is 268 Å². The Balaban J connectivity index is 0.000000527. The number of nitrogens with zero attached hydrogens (tertiary/aromatic N) is 4. The van der Waals surface area contributed by atoms with E-state index in [2.05, 4.69) is 25.2 Å². The molecular formula is C35H40N6O5. The van der Waals surface area contributed by atoms with Crippen molar-refractivity contribution in [1.82, 2.24) is 15.0 Å². The molecule has 11 heteroatoms. The summed E-state index contributed by atoms with van der Waals surface area (Å²) in [4.78, 5) is 39.0. The second-order valence-corrected chi connectivity index (χ2v) is 11.5. The summed E-state index contributed by atoms with van der Waals surface area (Å²) in [6.07, 6.45) is 9.12. The summed E-state index contributed by atoms with van der Waals surface area (Å²) >= 11 is 0. The highest BCUT2D eigenvalue weighted by Crippen LogP contribution is 2.45. The number of aromatic nitrogens is 3. The summed E-state index contributed by atoms with van der Waals surface area (Å²) in [5, 5.41) is 12.2. The van der Waals surface area contributed by atoms with E-state index < -0.39 is 5.97 Å². The lowest BCUT2D eigenvalue weighted by Gasteiger charge is -2.34. The first-order valence-corrected chi connectivity index (χ1v) is 15.5. The fraction of sp³-hybridized carbons (Fsp3) is 0.343. The van der Waals surface area contributed by atoms with Crippen LogP contribution in [0.15, 0.2) is 85.3 Å². The Morgan fingerprint density at radius 2 is 1.72 bits per heavy atom. The molecule has 4 aromatic rings. The normalized spacial score (nSPS) is 15.2. The average molecular weight is 625 g/mol. The number of hydrogen-bond acceptors (Lipinski definition) is 9. The fourth-order valence-electron chi connectivity index (χ4n) is 5.61. The van der Waals surface area contributed by atoms with Crippen LogP contribution in [-0.2, 0) is 4.79 Å². The van der Waals surface area contributed by atoms with Crippen LogP contribution in [0.1, 0.15) is 53.9 Å².